The van der Waals surface area contributed by atoms with Crippen LogP contribution in [0.3, 0.4) is 0 Å². The van der Waals surface area contributed by atoms with Crippen LogP contribution < -0.4 is 9.05 Å². The van der Waals surface area contributed by atoms with Gasteiger partial charge in [-0.3, -0.25) is 4.79 Å². The second kappa shape index (κ2) is 6.40. The third-order valence-corrected chi connectivity index (χ3v) is 4.20. The van der Waals surface area contributed by atoms with E-state index in [0.717, 1.165) is 0 Å². The highest BCUT2D eigenvalue weighted by atomic mass is 31.2. The first-order chi connectivity index (χ1) is 9.57. The molecule has 0 aliphatic carbocycles. The molecule has 0 saturated heterocycles. The Labute approximate surface area is 117 Å². The predicted octanol–water partition coefficient (Wildman–Crippen LogP) is 3.93. The number of rotatable bonds is 6. The lowest BCUT2D eigenvalue weighted by molar-refractivity contribution is -0.114. The molecule has 0 radical (unpaired) electrons. The maximum absolute atomic E-state index is 12.7. The Morgan fingerprint density at radius 3 is 1.65 bits per heavy atom. The average molecular weight is 290 g/mol. The molecule has 0 aromatic heterocycles. The number of Topliss-reactive ketones (excluding diaryl/α,β-unsaturated/α-hetero) is 1. The molecule has 2 rings (SSSR count). The highest BCUT2D eigenvalue weighted by Crippen LogP contribution is 2.48. The van der Waals surface area contributed by atoms with Crippen LogP contribution in [0.5, 0.6) is 11.5 Å². The van der Waals surface area contributed by atoms with Crippen LogP contribution in [0.25, 0.3) is 0 Å². The first-order valence-electron chi connectivity index (χ1n) is 6.15. The van der Waals surface area contributed by atoms with Crippen molar-refractivity contribution >= 4 is 13.4 Å². The van der Waals surface area contributed by atoms with E-state index in [0.29, 0.717) is 11.5 Å². The average Bonchev–Trinajstić information content (AvgIpc) is 2.39. The van der Waals surface area contributed by atoms with Crippen molar-refractivity contribution in [2.45, 2.75) is 6.92 Å². The summed E-state index contributed by atoms with van der Waals surface area (Å²) < 4.78 is 23.6. The minimum absolute atomic E-state index is 0.250. The first kappa shape index (κ1) is 14.4. The minimum Gasteiger partial charge on any atom is -0.416 e. The Morgan fingerprint density at radius 1 is 0.900 bits per heavy atom. The van der Waals surface area contributed by atoms with Crippen molar-refractivity contribution in [3.63, 3.8) is 0 Å². The number of benzene rings is 2. The molecule has 0 bridgehead atoms. The second-order valence-corrected chi connectivity index (χ2v) is 6.18. The van der Waals surface area contributed by atoms with E-state index in [9.17, 15) is 9.36 Å². The summed E-state index contributed by atoms with van der Waals surface area (Å²) >= 11 is 0. The van der Waals surface area contributed by atoms with E-state index in [-0.39, 0.29) is 11.9 Å². The molecule has 2 aromatic carbocycles. The number of carbonyl (C=O) groups excluding carboxylic acids is 1. The molecule has 2 aromatic rings. The summed E-state index contributed by atoms with van der Waals surface area (Å²) in [6.07, 6.45) is -0.267. The highest BCUT2D eigenvalue weighted by Gasteiger charge is 2.30. The van der Waals surface area contributed by atoms with Gasteiger partial charge in [-0.1, -0.05) is 36.4 Å². The Hall–Kier alpha value is -2.06. The number of carbonyl (C=O) groups is 1. The van der Waals surface area contributed by atoms with Gasteiger partial charge in [0.25, 0.3) is 0 Å². The fraction of sp³-hybridized carbons (Fsp3) is 0.133. The standard InChI is InChI=1S/C15H15O4P/c1-13(16)12-20(17,18-14-8-4-2-5-9-14)19-15-10-6-3-7-11-15/h2-11H,12H2,1H3. The summed E-state index contributed by atoms with van der Waals surface area (Å²) in [6.45, 7) is 1.36. The van der Waals surface area contributed by atoms with Crippen molar-refractivity contribution in [3.8, 4) is 11.5 Å². The molecule has 0 saturated carbocycles. The lowest BCUT2D eigenvalue weighted by Crippen LogP contribution is -2.10. The minimum atomic E-state index is -3.57. The molecule has 0 N–H and O–H groups in total. The van der Waals surface area contributed by atoms with E-state index in [1.54, 1.807) is 48.5 Å². The molecule has 4 nitrogen and oxygen atoms in total. The van der Waals surface area contributed by atoms with Gasteiger partial charge in [0, 0.05) is 0 Å². The van der Waals surface area contributed by atoms with Crippen LogP contribution in [0.4, 0.5) is 0 Å². The molecule has 0 aliphatic heterocycles. The molecule has 0 aliphatic rings. The molecular formula is C15H15O4P. The van der Waals surface area contributed by atoms with Gasteiger partial charge in [0.2, 0.25) is 0 Å². The second-order valence-electron chi connectivity index (χ2n) is 4.28. The molecule has 0 heterocycles. The maximum Gasteiger partial charge on any atom is 0.438 e. The van der Waals surface area contributed by atoms with Gasteiger partial charge in [0.15, 0.2) is 0 Å². The number of hydrogen-bond donors (Lipinski definition) is 0. The van der Waals surface area contributed by atoms with Crippen molar-refractivity contribution < 1.29 is 18.4 Å². The SMILES string of the molecule is CC(=O)CP(=O)(Oc1ccccc1)Oc1ccccc1. The molecule has 0 spiro atoms. The van der Waals surface area contributed by atoms with Crippen LogP contribution in [0, 0.1) is 0 Å². The van der Waals surface area contributed by atoms with Crippen LogP contribution in [0.15, 0.2) is 60.7 Å². The van der Waals surface area contributed by atoms with Gasteiger partial charge in [0.1, 0.15) is 23.4 Å². The van der Waals surface area contributed by atoms with E-state index in [4.69, 9.17) is 9.05 Å². The Morgan fingerprint density at radius 2 is 1.30 bits per heavy atom. The maximum atomic E-state index is 12.7. The number of hydrogen-bond acceptors (Lipinski definition) is 4. The van der Waals surface area contributed by atoms with Crippen LogP contribution in [-0.4, -0.2) is 11.9 Å². The lowest BCUT2D eigenvalue weighted by atomic mass is 10.3. The van der Waals surface area contributed by atoms with Crippen LogP contribution in [0.1, 0.15) is 6.92 Å². The smallest absolute Gasteiger partial charge is 0.416 e. The zero-order chi connectivity index (χ0) is 14.4. The molecule has 0 atom stereocenters. The summed E-state index contributed by atoms with van der Waals surface area (Å²) in [5, 5.41) is 0. The van der Waals surface area contributed by atoms with E-state index >= 15 is 0 Å². The molecule has 104 valence electrons. The van der Waals surface area contributed by atoms with Crippen molar-refractivity contribution in [2.75, 3.05) is 6.16 Å². The third kappa shape index (κ3) is 4.25. The van der Waals surface area contributed by atoms with Crippen molar-refractivity contribution in [1.29, 1.82) is 0 Å². The first-order valence-corrected chi connectivity index (χ1v) is 7.88. The lowest BCUT2D eigenvalue weighted by Gasteiger charge is -2.19. The molecule has 20 heavy (non-hydrogen) atoms. The predicted molar refractivity (Wildman–Crippen MR) is 77.3 cm³/mol. The van der Waals surface area contributed by atoms with Crippen molar-refractivity contribution in [1.82, 2.24) is 0 Å². The van der Waals surface area contributed by atoms with Crippen LogP contribution in [0.2, 0.25) is 0 Å². The van der Waals surface area contributed by atoms with Gasteiger partial charge >= 0.3 is 7.60 Å². The zero-order valence-corrected chi connectivity index (χ0v) is 12.0. The Balaban J connectivity index is 2.21. The summed E-state index contributed by atoms with van der Waals surface area (Å²) in [7, 11) is -3.57. The quantitative estimate of drug-likeness (QED) is 0.756. The van der Waals surface area contributed by atoms with Crippen LogP contribution in [-0.2, 0) is 9.36 Å². The fourth-order valence-electron chi connectivity index (χ4n) is 1.64. The largest absolute Gasteiger partial charge is 0.438 e. The van der Waals surface area contributed by atoms with Crippen molar-refractivity contribution in [2.24, 2.45) is 0 Å². The van der Waals surface area contributed by atoms with Crippen LogP contribution >= 0.6 is 7.60 Å². The normalized spacial score (nSPS) is 10.8. The highest BCUT2D eigenvalue weighted by molar-refractivity contribution is 7.55. The van der Waals surface area contributed by atoms with Crippen molar-refractivity contribution in [3.05, 3.63) is 60.7 Å². The summed E-state index contributed by atoms with van der Waals surface area (Å²) in [5.74, 6) is 0.571. The fourth-order valence-corrected chi connectivity index (χ4v) is 3.24. The Kier molecular flexibility index (Phi) is 4.59. The van der Waals surface area contributed by atoms with Gasteiger partial charge in [-0.25, -0.2) is 4.57 Å². The van der Waals surface area contributed by atoms with Gasteiger partial charge < -0.3 is 9.05 Å². The Bertz CT molecular complexity index is 565. The van der Waals surface area contributed by atoms with Gasteiger partial charge in [-0.2, -0.15) is 0 Å². The van der Waals surface area contributed by atoms with Gasteiger partial charge in [0.05, 0.1) is 0 Å². The summed E-state index contributed by atoms with van der Waals surface area (Å²) in [5.41, 5.74) is 0. The zero-order valence-electron chi connectivity index (χ0n) is 11.1. The van der Waals surface area contributed by atoms with Gasteiger partial charge in [-0.05, 0) is 31.2 Å². The summed E-state index contributed by atoms with van der Waals surface area (Å²) in [4.78, 5) is 11.3. The number of ketones is 1. The molecule has 0 fully saturated rings. The topological polar surface area (TPSA) is 52.6 Å². The molecule has 0 amide bonds. The third-order valence-electron chi connectivity index (χ3n) is 2.39. The van der Waals surface area contributed by atoms with Gasteiger partial charge in [-0.15, -0.1) is 0 Å². The molecule has 0 unspecified atom stereocenters. The van der Waals surface area contributed by atoms with E-state index in [1.165, 1.54) is 6.92 Å². The number of para-hydroxylation sites is 2. The van der Waals surface area contributed by atoms with E-state index in [2.05, 4.69) is 0 Å². The monoisotopic (exact) mass is 290 g/mol. The van der Waals surface area contributed by atoms with E-state index in [1.807, 2.05) is 12.1 Å². The summed E-state index contributed by atoms with van der Waals surface area (Å²) in [6, 6.07) is 17.4. The van der Waals surface area contributed by atoms with E-state index < -0.39 is 7.60 Å². The molecule has 5 heteroatoms. The molecular weight excluding hydrogens is 275 g/mol.